The third kappa shape index (κ3) is 3.99. The lowest BCUT2D eigenvalue weighted by Crippen LogP contribution is -2.22. The molecule has 0 fully saturated rings. The van der Waals surface area contributed by atoms with Crippen LogP contribution in [-0.2, 0) is 0 Å². The highest BCUT2D eigenvalue weighted by molar-refractivity contribution is 9.10. The summed E-state index contributed by atoms with van der Waals surface area (Å²) in [6, 6.07) is 1.84. The monoisotopic (exact) mass is 290 g/mol. The maximum absolute atomic E-state index is 5.81. The summed E-state index contributed by atoms with van der Waals surface area (Å²) in [6.07, 6.45) is 2.78. The van der Waals surface area contributed by atoms with Crippen molar-refractivity contribution in [2.24, 2.45) is 5.41 Å². The largest absolute Gasteiger partial charge is 0.369 e. The smallest absolute Gasteiger partial charge is 0.140 e. The van der Waals surface area contributed by atoms with Crippen LogP contribution in [-0.4, -0.2) is 11.5 Å². The van der Waals surface area contributed by atoms with E-state index in [0.29, 0.717) is 5.02 Å². The summed E-state index contributed by atoms with van der Waals surface area (Å²) in [5, 5.41) is 3.96. The number of halogens is 2. The van der Waals surface area contributed by atoms with Gasteiger partial charge in [0.2, 0.25) is 0 Å². The molecular formula is C11H16BrClN2. The molecular weight excluding hydrogens is 275 g/mol. The summed E-state index contributed by atoms with van der Waals surface area (Å²) in [5.41, 5.74) is 0.279. The van der Waals surface area contributed by atoms with E-state index in [4.69, 9.17) is 11.6 Å². The topological polar surface area (TPSA) is 24.9 Å². The first kappa shape index (κ1) is 12.8. The number of aromatic nitrogens is 1. The van der Waals surface area contributed by atoms with Gasteiger partial charge in [0.05, 0.1) is 9.50 Å². The van der Waals surface area contributed by atoms with Gasteiger partial charge in [0.15, 0.2) is 0 Å². The van der Waals surface area contributed by atoms with Gasteiger partial charge in [-0.15, -0.1) is 0 Å². The molecule has 0 aromatic carbocycles. The predicted octanol–water partition coefficient (Wildman–Crippen LogP) is 4.35. The van der Waals surface area contributed by atoms with Gasteiger partial charge >= 0.3 is 0 Å². The Bertz CT molecular complexity index is 339. The van der Waals surface area contributed by atoms with E-state index in [1.165, 1.54) is 0 Å². The number of pyridine rings is 1. The highest BCUT2D eigenvalue weighted by Gasteiger charge is 2.15. The van der Waals surface area contributed by atoms with E-state index in [1.54, 1.807) is 6.20 Å². The lowest BCUT2D eigenvalue weighted by Gasteiger charge is -2.23. The van der Waals surface area contributed by atoms with Crippen molar-refractivity contribution in [3.8, 4) is 0 Å². The second kappa shape index (κ2) is 5.17. The summed E-state index contributed by atoms with van der Waals surface area (Å²) in [7, 11) is 0. The molecule has 0 aliphatic heterocycles. The fourth-order valence-electron chi connectivity index (χ4n) is 0.993. The molecule has 0 saturated carbocycles. The summed E-state index contributed by atoms with van der Waals surface area (Å²) < 4.78 is 0.905. The minimum Gasteiger partial charge on any atom is -0.369 e. The summed E-state index contributed by atoms with van der Waals surface area (Å²) in [6.45, 7) is 7.54. The van der Waals surface area contributed by atoms with Crippen molar-refractivity contribution >= 4 is 33.3 Å². The molecule has 0 amide bonds. The minimum absolute atomic E-state index is 0.279. The zero-order valence-electron chi connectivity index (χ0n) is 9.27. The number of hydrogen-bond donors (Lipinski definition) is 1. The summed E-state index contributed by atoms with van der Waals surface area (Å²) >= 11 is 9.24. The van der Waals surface area contributed by atoms with Crippen molar-refractivity contribution in [3.05, 3.63) is 21.8 Å². The quantitative estimate of drug-likeness (QED) is 0.892. The molecule has 0 saturated heterocycles. The van der Waals surface area contributed by atoms with E-state index in [2.05, 4.69) is 47.0 Å². The molecule has 0 atom stereocenters. The minimum atomic E-state index is 0.279. The molecule has 0 aliphatic rings. The third-order valence-corrected chi connectivity index (χ3v) is 3.31. The van der Waals surface area contributed by atoms with Gasteiger partial charge in [-0.2, -0.15) is 0 Å². The van der Waals surface area contributed by atoms with Crippen LogP contribution in [0.2, 0.25) is 5.02 Å². The molecule has 84 valence electrons. The Morgan fingerprint density at radius 2 is 2.20 bits per heavy atom. The predicted molar refractivity (Wildman–Crippen MR) is 69.5 cm³/mol. The van der Waals surface area contributed by atoms with Gasteiger partial charge in [-0.1, -0.05) is 32.4 Å². The molecule has 1 heterocycles. The first-order chi connectivity index (χ1) is 6.94. The molecule has 0 aliphatic carbocycles. The standard InChI is InChI=1S/C11H16BrClN2/c1-4-11(2,3)7-15-10-9(12)5-8(13)6-14-10/h5-6H,4,7H2,1-3H3,(H,14,15). The second-order valence-electron chi connectivity index (χ2n) is 4.36. The Balaban J connectivity index is 2.66. The van der Waals surface area contributed by atoms with Crippen LogP contribution in [0.5, 0.6) is 0 Å². The van der Waals surface area contributed by atoms with E-state index in [9.17, 15) is 0 Å². The lowest BCUT2D eigenvalue weighted by atomic mass is 9.90. The van der Waals surface area contributed by atoms with Gasteiger partial charge < -0.3 is 5.32 Å². The van der Waals surface area contributed by atoms with Crippen molar-refractivity contribution in [2.45, 2.75) is 27.2 Å². The average Bonchev–Trinajstić information content (AvgIpc) is 2.16. The molecule has 2 nitrogen and oxygen atoms in total. The molecule has 15 heavy (non-hydrogen) atoms. The second-order valence-corrected chi connectivity index (χ2v) is 5.65. The van der Waals surface area contributed by atoms with Crippen LogP contribution in [0.25, 0.3) is 0 Å². The fraction of sp³-hybridized carbons (Fsp3) is 0.545. The van der Waals surface area contributed by atoms with Crippen molar-refractivity contribution < 1.29 is 0 Å². The Hall–Kier alpha value is -0.280. The SMILES string of the molecule is CCC(C)(C)CNc1ncc(Cl)cc1Br. The van der Waals surface area contributed by atoms with Crippen molar-refractivity contribution in [1.82, 2.24) is 4.98 Å². The molecule has 0 spiro atoms. The molecule has 1 aromatic heterocycles. The highest BCUT2D eigenvalue weighted by atomic mass is 79.9. The third-order valence-electron chi connectivity index (χ3n) is 2.50. The molecule has 1 N–H and O–H groups in total. The van der Waals surface area contributed by atoms with E-state index in [0.717, 1.165) is 23.3 Å². The highest BCUT2D eigenvalue weighted by Crippen LogP contribution is 2.25. The number of nitrogens with one attached hydrogen (secondary N) is 1. The van der Waals surface area contributed by atoms with Gasteiger partial charge in [0.25, 0.3) is 0 Å². The molecule has 1 aromatic rings. The van der Waals surface area contributed by atoms with Crippen LogP contribution in [0.15, 0.2) is 16.7 Å². The van der Waals surface area contributed by atoms with Crippen LogP contribution < -0.4 is 5.32 Å². The molecule has 1 rings (SSSR count). The summed E-state index contributed by atoms with van der Waals surface area (Å²) in [5.74, 6) is 0.848. The Kier molecular flexibility index (Phi) is 4.41. The molecule has 0 radical (unpaired) electrons. The van der Waals surface area contributed by atoms with E-state index >= 15 is 0 Å². The van der Waals surface area contributed by atoms with E-state index < -0.39 is 0 Å². The van der Waals surface area contributed by atoms with Crippen LogP contribution in [0.1, 0.15) is 27.2 Å². The van der Waals surface area contributed by atoms with Crippen molar-refractivity contribution in [2.75, 3.05) is 11.9 Å². The molecule has 0 unspecified atom stereocenters. The number of hydrogen-bond acceptors (Lipinski definition) is 2. The van der Waals surface area contributed by atoms with E-state index in [1.807, 2.05) is 6.07 Å². The van der Waals surface area contributed by atoms with Gasteiger partial charge in [-0.25, -0.2) is 4.98 Å². The van der Waals surface area contributed by atoms with Gasteiger partial charge in [0.1, 0.15) is 5.82 Å². The zero-order chi connectivity index (χ0) is 11.5. The Morgan fingerprint density at radius 3 is 2.73 bits per heavy atom. The van der Waals surface area contributed by atoms with E-state index in [-0.39, 0.29) is 5.41 Å². The van der Waals surface area contributed by atoms with Gasteiger partial charge in [0, 0.05) is 12.7 Å². The number of nitrogens with zero attached hydrogens (tertiary/aromatic N) is 1. The Labute approximate surface area is 105 Å². The summed E-state index contributed by atoms with van der Waals surface area (Å²) in [4.78, 5) is 4.23. The van der Waals surface area contributed by atoms with Crippen LogP contribution >= 0.6 is 27.5 Å². The fourth-order valence-corrected chi connectivity index (χ4v) is 1.77. The van der Waals surface area contributed by atoms with Crippen molar-refractivity contribution in [3.63, 3.8) is 0 Å². The Morgan fingerprint density at radius 1 is 1.53 bits per heavy atom. The van der Waals surface area contributed by atoms with Crippen LogP contribution in [0, 0.1) is 5.41 Å². The first-order valence-electron chi connectivity index (χ1n) is 4.99. The molecule has 0 bridgehead atoms. The van der Waals surface area contributed by atoms with Crippen LogP contribution in [0.4, 0.5) is 5.82 Å². The van der Waals surface area contributed by atoms with Gasteiger partial charge in [-0.3, -0.25) is 0 Å². The average molecular weight is 292 g/mol. The van der Waals surface area contributed by atoms with Crippen molar-refractivity contribution in [1.29, 1.82) is 0 Å². The first-order valence-corrected chi connectivity index (χ1v) is 6.16. The lowest BCUT2D eigenvalue weighted by molar-refractivity contribution is 0.376. The number of rotatable bonds is 4. The molecule has 4 heteroatoms. The maximum Gasteiger partial charge on any atom is 0.140 e. The maximum atomic E-state index is 5.81. The van der Waals surface area contributed by atoms with Gasteiger partial charge in [-0.05, 0) is 33.8 Å². The van der Waals surface area contributed by atoms with Crippen LogP contribution in [0.3, 0.4) is 0 Å². The number of anilines is 1. The normalized spacial score (nSPS) is 11.5. The zero-order valence-corrected chi connectivity index (χ0v) is 11.6.